The highest BCUT2D eigenvalue weighted by Gasteiger charge is 2.15. The van der Waals surface area contributed by atoms with Crippen molar-refractivity contribution in [1.82, 2.24) is 0 Å². The maximum atomic E-state index is 9.28. The zero-order chi connectivity index (χ0) is 9.42. The van der Waals surface area contributed by atoms with E-state index in [1.807, 2.05) is 13.0 Å². The van der Waals surface area contributed by atoms with Gasteiger partial charge in [0.15, 0.2) is 0 Å². The van der Waals surface area contributed by atoms with Crippen LogP contribution in [-0.4, -0.2) is 11.4 Å². The van der Waals surface area contributed by atoms with E-state index in [9.17, 15) is 5.11 Å². The number of hydrogen-bond acceptors (Lipinski definition) is 2. The van der Waals surface area contributed by atoms with Crippen LogP contribution in [0.25, 0.3) is 5.57 Å². The van der Waals surface area contributed by atoms with Crippen molar-refractivity contribution in [3.8, 4) is 5.75 Å². The molecule has 0 saturated heterocycles. The molecule has 0 aromatic heterocycles. The molecule has 0 radical (unpaired) electrons. The van der Waals surface area contributed by atoms with Crippen molar-refractivity contribution < 1.29 is 9.84 Å². The van der Waals surface area contributed by atoms with Crippen molar-refractivity contribution in [2.45, 2.75) is 13.2 Å². The Morgan fingerprint density at radius 1 is 1.46 bits per heavy atom. The van der Waals surface area contributed by atoms with Gasteiger partial charge < -0.3 is 9.84 Å². The molecule has 0 saturated carbocycles. The van der Waals surface area contributed by atoms with Crippen molar-refractivity contribution in [2.75, 3.05) is 0 Å². The number of benzene rings is 1. The predicted octanol–water partition coefficient (Wildman–Crippen LogP) is 2.45. The minimum atomic E-state index is -0.856. The summed E-state index contributed by atoms with van der Waals surface area (Å²) in [4.78, 5) is 0. The molecule has 0 aliphatic carbocycles. The van der Waals surface area contributed by atoms with Gasteiger partial charge in [-0.2, -0.15) is 0 Å². The fourth-order valence-corrected chi connectivity index (χ4v) is 1.55. The highest BCUT2D eigenvalue weighted by atomic mass is 35.5. The number of aliphatic hydroxyl groups is 1. The van der Waals surface area contributed by atoms with E-state index in [0.717, 1.165) is 11.1 Å². The number of halogens is 1. The zero-order valence-electron chi connectivity index (χ0n) is 7.12. The van der Waals surface area contributed by atoms with Gasteiger partial charge in [0.1, 0.15) is 5.75 Å². The van der Waals surface area contributed by atoms with E-state index in [1.165, 1.54) is 0 Å². The van der Waals surface area contributed by atoms with Crippen molar-refractivity contribution >= 4 is 17.2 Å². The fraction of sp³-hybridized carbons (Fsp3) is 0.200. The third-order valence-electron chi connectivity index (χ3n) is 2.01. The van der Waals surface area contributed by atoms with Crippen LogP contribution in [0.15, 0.2) is 24.3 Å². The van der Waals surface area contributed by atoms with Gasteiger partial charge in [-0.05, 0) is 36.8 Å². The number of allylic oxidation sites excluding steroid dienone is 1. The first-order valence-corrected chi connectivity index (χ1v) is 4.38. The second-order valence-corrected chi connectivity index (χ2v) is 3.44. The molecule has 68 valence electrons. The number of fused-ring (bicyclic) bond motifs is 1. The molecule has 1 heterocycles. The molecule has 1 aromatic rings. The number of aliphatic hydroxyl groups excluding tert-OH is 1. The maximum Gasteiger partial charge on any atom is 0.217 e. The Balaban J connectivity index is 2.54. The number of ether oxygens (including phenoxy) is 1. The summed E-state index contributed by atoms with van der Waals surface area (Å²) < 4.78 is 5.18. The fourth-order valence-electron chi connectivity index (χ4n) is 1.39. The number of hydrogen-bond donors (Lipinski definition) is 1. The van der Waals surface area contributed by atoms with E-state index >= 15 is 0 Å². The lowest BCUT2D eigenvalue weighted by Gasteiger charge is -2.20. The minimum absolute atomic E-state index is 0.612. The second kappa shape index (κ2) is 3.05. The van der Waals surface area contributed by atoms with Gasteiger partial charge in [0.25, 0.3) is 0 Å². The van der Waals surface area contributed by atoms with Crippen LogP contribution in [0, 0.1) is 0 Å². The number of rotatable bonds is 0. The predicted molar refractivity (Wildman–Crippen MR) is 51.7 cm³/mol. The lowest BCUT2D eigenvalue weighted by Crippen LogP contribution is -2.16. The van der Waals surface area contributed by atoms with Crippen LogP contribution in [0.3, 0.4) is 0 Å². The molecular formula is C10H9ClO2. The summed E-state index contributed by atoms with van der Waals surface area (Å²) in [6, 6.07) is 5.39. The van der Waals surface area contributed by atoms with Crippen molar-refractivity contribution in [2.24, 2.45) is 0 Å². The highest BCUT2D eigenvalue weighted by Crippen LogP contribution is 2.33. The normalized spacial score (nSPS) is 20.2. The summed E-state index contributed by atoms with van der Waals surface area (Å²) in [6.45, 7) is 1.93. The van der Waals surface area contributed by atoms with Crippen LogP contribution in [0.1, 0.15) is 12.5 Å². The third kappa shape index (κ3) is 1.55. The lowest BCUT2D eigenvalue weighted by molar-refractivity contribution is 0.0225. The average Bonchev–Trinajstić information content (AvgIpc) is 2.02. The van der Waals surface area contributed by atoms with Crippen molar-refractivity contribution in [3.63, 3.8) is 0 Å². The third-order valence-corrected chi connectivity index (χ3v) is 2.24. The Bertz CT molecular complexity index is 371. The van der Waals surface area contributed by atoms with Crippen LogP contribution in [0.2, 0.25) is 5.02 Å². The van der Waals surface area contributed by atoms with E-state index in [4.69, 9.17) is 16.3 Å². The molecule has 1 aliphatic heterocycles. The smallest absolute Gasteiger partial charge is 0.217 e. The summed E-state index contributed by atoms with van der Waals surface area (Å²) >= 11 is 5.79. The van der Waals surface area contributed by atoms with Crippen LogP contribution < -0.4 is 4.74 Å². The Hall–Kier alpha value is -0.990. The molecule has 1 aromatic carbocycles. The summed E-state index contributed by atoms with van der Waals surface area (Å²) in [7, 11) is 0. The Morgan fingerprint density at radius 3 is 3.00 bits per heavy atom. The monoisotopic (exact) mass is 196 g/mol. The quantitative estimate of drug-likeness (QED) is 0.691. The standard InChI is InChI=1S/C10H9ClO2/c1-6-4-10(12)13-9-5-7(11)2-3-8(6)9/h2-5,10,12H,1H3. The zero-order valence-corrected chi connectivity index (χ0v) is 7.88. The molecule has 0 spiro atoms. The Kier molecular flexibility index (Phi) is 2.02. The Morgan fingerprint density at radius 2 is 2.23 bits per heavy atom. The molecule has 0 amide bonds. The van der Waals surface area contributed by atoms with Crippen LogP contribution in [-0.2, 0) is 0 Å². The van der Waals surface area contributed by atoms with E-state index in [2.05, 4.69) is 0 Å². The van der Waals surface area contributed by atoms with Gasteiger partial charge in [-0.25, -0.2) is 0 Å². The minimum Gasteiger partial charge on any atom is -0.461 e. The van der Waals surface area contributed by atoms with Crippen molar-refractivity contribution in [3.05, 3.63) is 34.9 Å². The first-order valence-electron chi connectivity index (χ1n) is 4.00. The van der Waals surface area contributed by atoms with Gasteiger partial charge in [-0.15, -0.1) is 0 Å². The molecule has 0 bridgehead atoms. The van der Waals surface area contributed by atoms with Gasteiger partial charge in [0.05, 0.1) is 0 Å². The molecule has 2 rings (SSSR count). The summed E-state index contributed by atoms with van der Waals surface area (Å²) in [5.41, 5.74) is 1.99. The second-order valence-electron chi connectivity index (χ2n) is 3.00. The van der Waals surface area contributed by atoms with Gasteiger partial charge in [0, 0.05) is 10.6 Å². The molecule has 1 unspecified atom stereocenters. The van der Waals surface area contributed by atoms with E-state index in [1.54, 1.807) is 18.2 Å². The van der Waals surface area contributed by atoms with Gasteiger partial charge in [-0.3, -0.25) is 0 Å². The Labute approximate surface area is 81.4 Å². The molecule has 1 N–H and O–H groups in total. The molecule has 3 heteroatoms. The summed E-state index contributed by atoms with van der Waals surface area (Å²) in [5.74, 6) is 0.639. The van der Waals surface area contributed by atoms with Crippen LogP contribution in [0.4, 0.5) is 0 Å². The van der Waals surface area contributed by atoms with Gasteiger partial charge >= 0.3 is 0 Å². The molecule has 2 nitrogen and oxygen atoms in total. The van der Waals surface area contributed by atoms with Gasteiger partial charge in [-0.1, -0.05) is 11.6 Å². The summed E-state index contributed by atoms with van der Waals surface area (Å²) in [5, 5.41) is 9.89. The first kappa shape index (κ1) is 8.60. The topological polar surface area (TPSA) is 29.5 Å². The largest absolute Gasteiger partial charge is 0.461 e. The molecule has 13 heavy (non-hydrogen) atoms. The SMILES string of the molecule is CC1=CC(O)Oc2cc(Cl)ccc21. The van der Waals surface area contributed by atoms with E-state index in [-0.39, 0.29) is 0 Å². The van der Waals surface area contributed by atoms with Crippen LogP contribution >= 0.6 is 11.6 Å². The first-order chi connectivity index (χ1) is 6.16. The van der Waals surface area contributed by atoms with Crippen LogP contribution in [0.5, 0.6) is 5.75 Å². The highest BCUT2D eigenvalue weighted by molar-refractivity contribution is 6.30. The maximum absolute atomic E-state index is 9.28. The molecular weight excluding hydrogens is 188 g/mol. The van der Waals surface area contributed by atoms with Gasteiger partial charge in [0.2, 0.25) is 6.29 Å². The summed E-state index contributed by atoms with van der Waals surface area (Å²) in [6.07, 6.45) is 0.807. The van der Waals surface area contributed by atoms with E-state index < -0.39 is 6.29 Å². The molecule has 1 aliphatic rings. The molecule has 0 fully saturated rings. The van der Waals surface area contributed by atoms with E-state index in [0.29, 0.717) is 10.8 Å². The lowest BCUT2D eigenvalue weighted by atomic mass is 10.0. The molecule has 1 atom stereocenters. The average molecular weight is 197 g/mol. The van der Waals surface area contributed by atoms with Crippen molar-refractivity contribution in [1.29, 1.82) is 0 Å².